The molecule has 0 aromatic heterocycles. The number of para-hydroxylation sites is 1. The van der Waals surface area contributed by atoms with Crippen LogP contribution in [0.5, 0.6) is 0 Å². The molecule has 0 radical (unpaired) electrons. The average Bonchev–Trinajstić information content (AvgIpc) is 2.53. The molecule has 2 aromatic carbocycles. The summed E-state index contributed by atoms with van der Waals surface area (Å²) in [5, 5.41) is 9.01. The molecule has 2 aromatic rings. The molecule has 0 unspecified atom stereocenters. The Morgan fingerprint density at radius 3 is 2.05 bits per heavy atom. The molecule has 0 aliphatic carbocycles. The maximum atomic E-state index is 12.5. The maximum Gasteiger partial charge on any atom is 0.323 e. The maximum absolute atomic E-state index is 12.5. The average molecular weight is 284 g/mol. The molecule has 0 heterocycles. The van der Waals surface area contributed by atoms with Crippen LogP contribution in [0.4, 0.5) is 5.69 Å². The van der Waals surface area contributed by atoms with Gasteiger partial charge >= 0.3 is 5.97 Å². The molecule has 3 N–H and O–H groups in total. The van der Waals surface area contributed by atoms with Gasteiger partial charge in [-0.05, 0) is 17.7 Å². The summed E-state index contributed by atoms with van der Waals surface area (Å²) in [5.74, 6) is -1.54. The minimum Gasteiger partial charge on any atom is -0.480 e. The summed E-state index contributed by atoms with van der Waals surface area (Å²) in [6.45, 7) is -0.427. The Bertz CT molecular complexity index is 614. The van der Waals surface area contributed by atoms with E-state index in [0.29, 0.717) is 11.3 Å². The van der Waals surface area contributed by atoms with Crippen LogP contribution in [0.1, 0.15) is 11.6 Å². The minimum absolute atomic E-state index is 0.427. The number of nitrogens with zero attached hydrogens (tertiary/aromatic N) is 1. The van der Waals surface area contributed by atoms with Gasteiger partial charge in [-0.1, -0.05) is 48.5 Å². The van der Waals surface area contributed by atoms with Crippen molar-refractivity contribution in [2.24, 2.45) is 5.73 Å². The van der Waals surface area contributed by atoms with Gasteiger partial charge in [0.25, 0.3) is 0 Å². The number of nitrogens with two attached hydrogens (primary N) is 1. The Morgan fingerprint density at radius 1 is 1.00 bits per heavy atom. The lowest BCUT2D eigenvalue weighted by Crippen LogP contribution is -2.41. The Labute approximate surface area is 122 Å². The number of amides is 1. The fraction of sp³-hybridized carbons (Fsp3) is 0.125. The number of carbonyl (C=O) groups excluding carboxylic acids is 1. The highest BCUT2D eigenvalue weighted by atomic mass is 16.4. The van der Waals surface area contributed by atoms with E-state index in [2.05, 4.69) is 0 Å². The fourth-order valence-electron chi connectivity index (χ4n) is 2.01. The summed E-state index contributed by atoms with van der Waals surface area (Å²) in [7, 11) is 0. The molecule has 5 heteroatoms. The predicted octanol–water partition coefficient (Wildman–Crippen LogP) is 1.80. The molecule has 0 aliphatic heterocycles. The minimum atomic E-state index is -1.09. The van der Waals surface area contributed by atoms with Crippen molar-refractivity contribution in [2.75, 3.05) is 11.4 Å². The van der Waals surface area contributed by atoms with Crippen molar-refractivity contribution in [3.05, 3.63) is 66.2 Å². The van der Waals surface area contributed by atoms with Gasteiger partial charge in [0.2, 0.25) is 5.91 Å². The Morgan fingerprint density at radius 2 is 1.52 bits per heavy atom. The third kappa shape index (κ3) is 3.67. The topological polar surface area (TPSA) is 83.6 Å². The number of rotatable bonds is 5. The van der Waals surface area contributed by atoms with Gasteiger partial charge in [0.15, 0.2) is 0 Å². The van der Waals surface area contributed by atoms with Gasteiger partial charge < -0.3 is 10.8 Å². The molecule has 0 aliphatic rings. The van der Waals surface area contributed by atoms with E-state index in [0.717, 1.165) is 0 Å². The van der Waals surface area contributed by atoms with E-state index in [1.807, 2.05) is 6.07 Å². The van der Waals surface area contributed by atoms with E-state index < -0.39 is 24.5 Å². The zero-order valence-corrected chi connectivity index (χ0v) is 11.3. The van der Waals surface area contributed by atoms with E-state index in [4.69, 9.17) is 10.8 Å². The number of carboxylic acid groups (broad SMARTS) is 1. The molecule has 108 valence electrons. The highest BCUT2D eigenvalue weighted by Crippen LogP contribution is 2.19. The predicted molar refractivity (Wildman–Crippen MR) is 79.8 cm³/mol. The molecule has 0 saturated heterocycles. The summed E-state index contributed by atoms with van der Waals surface area (Å²) >= 11 is 0. The zero-order chi connectivity index (χ0) is 15.2. The third-order valence-electron chi connectivity index (χ3n) is 3.05. The van der Waals surface area contributed by atoms with E-state index in [1.54, 1.807) is 54.6 Å². The Balaban J connectivity index is 2.28. The lowest BCUT2D eigenvalue weighted by molar-refractivity contribution is -0.136. The molecule has 0 bridgehead atoms. The summed E-state index contributed by atoms with van der Waals surface area (Å²) in [5.41, 5.74) is 7.13. The number of hydrogen-bond acceptors (Lipinski definition) is 3. The summed E-state index contributed by atoms with van der Waals surface area (Å²) in [6.07, 6.45) is 0. The van der Waals surface area contributed by atoms with E-state index in [1.165, 1.54) is 4.90 Å². The highest BCUT2D eigenvalue weighted by molar-refractivity contribution is 6.00. The smallest absolute Gasteiger partial charge is 0.323 e. The first-order valence-corrected chi connectivity index (χ1v) is 6.48. The van der Waals surface area contributed by atoms with Crippen LogP contribution >= 0.6 is 0 Å². The van der Waals surface area contributed by atoms with Gasteiger partial charge in [0.05, 0.1) is 0 Å². The molecule has 1 atom stereocenters. The van der Waals surface area contributed by atoms with Gasteiger partial charge in [-0.2, -0.15) is 0 Å². The molecule has 0 fully saturated rings. The lowest BCUT2D eigenvalue weighted by Gasteiger charge is -2.24. The zero-order valence-electron chi connectivity index (χ0n) is 11.3. The first-order valence-electron chi connectivity index (χ1n) is 6.48. The number of benzene rings is 2. The second-order valence-corrected chi connectivity index (χ2v) is 4.54. The second kappa shape index (κ2) is 6.67. The van der Waals surface area contributed by atoms with Crippen molar-refractivity contribution in [3.63, 3.8) is 0 Å². The van der Waals surface area contributed by atoms with Gasteiger partial charge in [-0.25, -0.2) is 0 Å². The largest absolute Gasteiger partial charge is 0.480 e. The first kappa shape index (κ1) is 14.7. The van der Waals surface area contributed by atoms with E-state index in [9.17, 15) is 9.59 Å². The van der Waals surface area contributed by atoms with Gasteiger partial charge in [0.1, 0.15) is 12.6 Å². The number of anilines is 1. The van der Waals surface area contributed by atoms with E-state index >= 15 is 0 Å². The molecule has 5 nitrogen and oxygen atoms in total. The van der Waals surface area contributed by atoms with Crippen molar-refractivity contribution in [1.82, 2.24) is 0 Å². The lowest BCUT2D eigenvalue weighted by atomic mass is 10.1. The fourth-order valence-corrected chi connectivity index (χ4v) is 2.01. The summed E-state index contributed by atoms with van der Waals surface area (Å²) in [6, 6.07) is 16.6. The monoisotopic (exact) mass is 284 g/mol. The van der Waals surface area contributed by atoms with Crippen LogP contribution in [-0.4, -0.2) is 23.5 Å². The van der Waals surface area contributed by atoms with Gasteiger partial charge in [-0.15, -0.1) is 0 Å². The van der Waals surface area contributed by atoms with Crippen LogP contribution in [0.25, 0.3) is 0 Å². The Hall–Kier alpha value is -2.66. The van der Waals surface area contributed by atoms with Crippen LogP contribution < -0.4 is 10.6 Å². The second-order valence-electron chi connectivity index (χ2n) is 4.54. The van der Waals surface area contributed by atoms with Crippen LogP contribution in [-0.2, 0) is 9.59 Å². The van der Waals surface area contributed by atoms with Crippen LogP contribution in [0.2, 0.25) is 0 Å². The standard InChI is InChI=1S/C16H16N2O3/c17-15(12-7-3-1-4-8-12)16(21)18(11-14(19)20)13-9-5-2-6-10-13/h1-10,15H,11,17H2,(H,19,20)/t15-/m0/s1. The highest BCUT2D eigenvalue weighted by Gasteiger charge is 2.25. The van der Waals surface area contributed by atoms with Gasteiger partial charge in [-0.3, -0.25) is 14.5 Å². The van der Waals surface area contributed by atoms with Crippen molar-refractivity contribution in [1.29, 1.82) is 0 Å². The quantitative estimate of drug-likeness (QED) is 0.877. The van der Waals surface area contributed by atoms with Crippen molar-refractivity contribution >= 4 is 17.6 Å². The van der Waals surface area contributed by atoms with Crippen molar-refractivity contribution in [2.45, 2.75) is 6.04 Å². The molecular formula is C16H16N2O3. The normalized spacial score (nSPS) is 11.7. The number of carbonyl (C=O) groups is 2. The van der Waals surface area contributed by atoms with Crippen molar-refractivity contribution in [3.8, 4) is 0 Å². The number of aliphatic carboxylic acids is 1. The summed E-state index contributed by atoms with van der Waals surface area (Å²) in [4.78, 5) is 24.7. The molecule has 2 rings (SSSR count). The van der Waals surface area contributed by atoms with E-state index in [-0.39, 0.29) is 0 Å². The van der Waals surface area contributed by atoms with Gasteiger partial charge in [0, 0.05) is 5.69 Å². The number of hydrogen-bond donors (Lipinski definition) is 2. The number of carboxylic acids is 1. The molecule has 0 saturated carbocycles. The first-order chi connectivity index (χ1) is 10.1. The third-order valence-corrected chi connectivity index (χ3v) is 3.05. The van der Waals surface area contributed by atoms with Crippen LogP contribution in [0.15, 0.2) is 60.7 Å². The molecular weight excluding hydrogens is 268 g/mol. The summed E-state index contributed by atoms with van der Waals surface area (Å²) < 4.78 is 0. The molecule has 0 spiro atoms. The molecule has 21 heavy (non-hydrogen) atoms. The Kier molecular flexibility index (Phi) is 4.68. The van der Waals surface area contributed by atoms with Crippen molar-refractivity contribution < 1.29 is 14.7 Å². The molecule has 1 amide bonds. The SMILES string of the molecule is N[C@H](C(=O)N(CC(=O)O)c1ccccc1)c1ccccc1. The van der Waals surface area contributed by atoms with Crippen LogP contribution in [0, 0.1) is 0 Å². The van der Waals surface area contributed by atoms with Crippen LogP contribution in [0.3, 0.4) is 0 Å².